The van der Waals surface area contributed by atoms with Crippen molar-refractivity contribution in [3.8, 4) is 17.5 Å². The molecule has 2 aromatic heterocycles. The molecule has 0 aliphatic heterocycles. The number of alkyl halides is 3. The van der Waals surface area contributed by atoms with Crippen molar-refractivity contribution in [3.63, 3.8) is 0 Å². The molecule has 0 spiro atoms. The number of fused-ring (bicyclic) bond motifs is 1. The summed E-state index contributed by atoms with van der Waals surface area (Å²) in [5, 5.41) is 10.5. The summed E-state index contributed by atoms with van der Waals surface area (Å²) in [7, 11) is -4.47. The zero-order valence-corrected chi connectivity index (χ0v) is 18.6. The molecular formula is C22H20F4N4O2S. The van der Waals surface area contributed by atoms with E-state index in [1.54, 1.807) is 17.7 Å². The summed E-state index contributed by atoms with van der Waals surface area (Å²) < 4.78 is 80.9. The Labute approximate surface area is 187 Å². The van der Waals surface area contributed by atoms with E-state index >= 15 is 0 Å². The van der Waals surface area contributed by atoms with Crippen LogP contribution in [-0.4, -0.2) is 30.2 Å². The highest BCUT2D eigenvalue weighted by atomic mass is 32.2. The molecule has 0 saturated heterocycles. The van der Waals surface area contributed by atoms with Gasteiger partial charge < -0.3 is 4.57 Å². The lowest BCUT2D eigenvalue weighted by Gasteiger charge is -2.30. The van der Waals surface area contributed by atoms with E-state index in [0.29, 0.717) is 29.1 Å². The number of aryl methyl sites for hydroxylation is 1. The monoisotopic (exact) mass is 480 g/mol. The van der Waals surface area contributed by atoms with Gasteiger partial charge in [0.05, 0.1) is 22.5 Å². The molecule has 3 aromatic rings. The highest BCUT2D eigenvalue weighted by Gasteiger charge is 2.39. The van der Waals surface area contributed by atoms with Crippen LogP contribution in [0.2, 0.25) is 0 Å². The Morgan fingerprint density at radius 2 is 1.97 bits per heavy atom. The molecule has 0 radical (unpaired) electrons. The molecule has 174 valence electrons. The maximum absolute atomic E-state index is 14.4. The van der Waals surface area contributed by atoms with E-state index in [9.17, 15) is 31.2 Å². The number of hydrogen-bond donors (Lipinski definition) is 1. The van der Waals surface area contributed by atoms with Crippen molar-refractivity contribution in [2.45, 2.75) is 56.3 Å². The topological polar surface area (TPSA) is 87.8 Å². The van der Waals surface area contributed by atoms with Gasteiger partial charge >= 0.3 is 6.18 Å². The van der Waals surface area contributed by atoms with Crippen molar-refractivity contribution >= 4 is 20.9 Å². The minimum Gasteiger partial charge on any atom is -0.335 e. The van der Waals surface area contributed by atoms with Gasteiger partial charge in [0.15, 0.2) is 0 Å². The van der Waals surface area contributed by atoms with E-state index < -0.39 is 33.0 Å². The van der Waals surface area contributed by atoms with Gasteiger partial charge in [0.2, 0.25) is 10.0 Å². The minimum absolute atomic E-state index is 0.0335. The summed E-state index contributed by atoms with van der Waals surface area (Å²) in [5.41, 5.74) is 1.93. The molecule has 0 bridgehead atoms. The standard InChI is InChI=1S/C22H20F4N4O2S/c1-12-8-16-17(10-27)21(30(14-4-3-5-14)20(16)9-18(12)23)19-7-6-15(11-28-19)33(31,32)29-13(2)22(24,25)26/h6-9,11,13-14,29H,3-5H2,1-2H3. The second-order valence-electron chi connectivity index (χ2n) is 8.17. The number of rotatable bonds is 5. The first kappa shape index (κ1) is 23.2. The predicted molar refractivity (Wildman–Crippen MR) is 113 cm³/mol. The third-order valence-electron chi connectivity index (χ3n) is 5.95. The smallest absolute Gasteiger partial charge is 0.335 e. The fourth-order valence-electron chi connectivity index (χ4n) is 3.87. The van der Waals surface area contributed by atoms with Gasteiger partial charge in [0, 0.05) is 17.6 Å². The molecule has 1 atom stereocenters. The Kier molecular flexibility index (Phi) is 5.70. The van der Waals surface area contributed by atoms with Crippen LogP contribution in [0.3, 0.4) is 0 Å². The number of hydrogen-bond acceptors (Lipinski definition) is 4. The second kappa shape index (κ2) is 8.11. The van der Waals surface area contributed by atoms with Gasteiger partial charge in [0.25, 0.3) is 0 Å². The van der Waals surface area contributed by atoms with Crippen LogP contribution in [0, 0.1) is 24.1 Å². The Bertz CT molecular complexity index is 1370. The fourth-order valence-corrected chi connectivity index (χ4v) is 5.05. The van der Waals surface area contributed by atoms with Crippen LogP contribution in [0.1, 0.15) is 43.4 Å². The van der Waals surface area contributed by atoms with Crippen molar-refractivity contribution in [1.82, 2.24) is 14.3 Å². The second-order valence-corrected chi connectivity index (χ2v) is 9.89. The van der Waals surface area contributed by atoms with Crippen molar-refractivity contribution in [1.29, 1.82) is 5.26 Å². The third-order valence-corrected chi connectivity index (χ3v) is 7.47. The summed E-state index contributed by atoms with van der Waals surface area (Å²) in [6.45, 7) is 2.31. The summed E-state index contributed by atoms with van der Waals surface area (Å²) >= 11 is 0. The maximum atomic E-state index is 14.4. The largest absolute Gasteiger partial charge is 0.404 e. The summed E-state index contributed by atoms with van der Waals surface area (Å²) in [4.78, 5) is 3.73. The van der Waals surface area contributed by atoms with E-state index in [-0.39, 0.29) is 17.3 Å². The molecule has 1 unspecified atom stereocenters. The number of halogens is 4. The quantitative estimate of drug-likeness (QED) is 0.522. The molecule has 1 aromatic carbocycles. The molecule has 33 heavy (non-hydrogen) atoms. The summed E-state index contributed by atoms with van der Waals surface area (Å²) in [6.07, 6.45) is -1.13. The number of nitrogens with zero attached hydrogens (tertiary/aromatic N) is 3. The van der Waals surface area contributed by atoms with Crippen molar-refractivity contribution in [3.05, 3.63) is 47.4 Å². The van der Waals surface area contributed by atoms with Crippen LogP contribution in [0.5, 0.6) is 0 Å². The van der Waals surface area contributed by atoms with Crippen molar-refractivity contribution < 1.29 is 26.0 Å². The highest BCUT2D eigenvalue weighted by molar-refractivity contribution is 7.89. The average Bonchev–Trinajstić information content (AvgIpc) is 2.99. The molecule has 1 aliphatic carbocycles. The first-order chi connectivity index (χ1) is 15.4. The number of benzene rings is 1. The average molecular weight is 480 g/mol. The molecule has 6 nitrogen and oxygen atoms in total. The van der Waals surface area contributed by atoms with E-state index in [0.717, 1.165) is 31.5 Å². The Morgan fingerprint density at radius 3 is 2.48 bits per heavy atom. The van der Waals surface area contributed by atoms with E-state index in [4.69, 9.17) is 0 Å². The van der Waals surface area contributed by atoms with Gasteiger partial charge in [-0.2, -0.15) is 23.2 Å². The Morgan fingerprint density at radius 1 is 1.27 bits per heavy atom. The summed E-state index contributed by atoms with van der Waals surface area (Å²) in [6, 6.07) is 5.39. The highest BCUT2D eigenvalue weighted by Crippen LogP contribution is 2.42. The van der Waals surface area contributed by atoms with E-state index in [1.807, 2.05) is 4.57 Å². The fraction of sp³-hybridized carbons (Fsp3) is 0.364. The molecule has 11 heteroatoms. The van der Waals surface area contributed by atoms with E-state index in [2.05, 4.69) is 11.1 Å². The van der Waals surface area contributed by atoms with Gasteiger partial charge in [-0.25, -0.2) is 12.8 Å². The van der Waals surface area contributed by atoms with Crippen LogP contribution in [0.15, 0.2) is 35.4 Å². The number of nitrogens with one attached hydrogen (secondary N) is 1. The molecular weight excluding hydrogens is 460 g/mol. The predicted octanol–water partition coefficient (Wildman–Crippen LogP) is 4.98. The number of nitriles is 1. The van der Waals surface area contributed by atoms with Crippen LogP contribution >= 0.6 is 0 Å². The van der Waals surface area contributed by atoms with Gasteiger partial charge in [-0.1, -0.05) is 0 Å². The molecule has 1 fully saturated rings. The number of pyridine rings is 1. The van der Waals surface area contributed by atoms with E-state index in [1.165, 1.54) is 12.1 Å². The molecule has 4 rings (SSSR count). The van der Waals surface area contributed by atoms with Gasteiger partial charge in [-0.3, -0.25) is 4.98 Å². The van der Waals surface area contributed by atoms with Crippen LogP contribution in [0.25, 0.3) is 22.3 Å². The van der Waals surface area contributed by atoms with Crippen LogP contribution < -0.4 is 4.72 Å². The summed E-state index contributed by atoms with van der Waals surface area (Å²) in [5.74, 6) is -0.407. The van der Waals surface area contributed by atoms with Crippen molar-refractivity contribution in [2.75, 3.05) is 0 Å². The molecule has 1 saturated carbocycles. The van der Waals surface area contributed by atoms with Crippen LogP contribution in [-0.2, 0) is 10.0 Å². The molecule has 1 aliphatic rings. The van der Waals surface area contributed by atoms with Gasteiger partial charge in [0.1, 0.15) is 22.8 Å². The Hall–Kier alpha value is -2.97. The van der Waals surface area contributed by atoms with Gasteiger partial charge in [-0.05, 0) is 62.9 Å². The normalized spacial score (nSPS) is 15.9. The van der Waals surface area contributed by atoms with Crippen LogP contribution in [0.4, 0.5) is 17.6 Å². The number of sulfonamides is 1. The molecule has 1 N–H and O–H groups in total. The van der Waals surface area contributed by atoms with Gasteiger partial charge in [-0.15, -0.1) is 0 Å². The lowest BCUT2D eigenvalue weighted by atomic mass is 9.92. The lowest BCUT2D eigenvalue weighted by molar-refractivity contribution is -0.147. The SMILES string of the molecule is Cc1cc2c(C#N)c(-c3ccc(S(=O)(=O)NC(C)C(F)(F)F)cn3)n(C3CCC3)c2cc1F. The first-order valence-electron chi connectivity index (χ1n) is 10.2. The maximum Gasteiger partial charge on any atom is 0.404 e. The first-order valence-corrected chi connectivity index (χ1v) is 11.7. The Balaban J connectivity index is 1.82. The minimum atomic E-state index is -4.74. The third kappa shape index (κ3) is 4.09. The molecule has 0 amide bonds. The zero-order valence-electron chi connectivity index (χ0n) is 17.7. The zero-order chi connectivity index (χ0) is 24.1. The molecule has 2 heterocycles. The van der Waals surface area contributed by atoms with Crippen molar-refractivity contribution in [2.24, 2.45) is 0 Å². The number of aromatic nitrogens is 2. The lowest BCUT2D eigenvalue weighted by Crippen LogP contribution is -2.42.